The molecule has 1 aromatic rings. The van der Waals surface area contributed by atoms with Crippen molar-refractivity contribution in [3.05, 3.63) is 23.8 Å². The molecule has 0 spiro atoms. The number of nitrogens with one attached hydrogen (secondary N) is 1. The van der Waals surface area contributed by atoms with E-state index in [9.17, 15) is 4.79 Å². The Bertz CT molecular complexity index is 506. The van der Waals surface area contributed by atoms with Crippen molar-refractivity contribution in [2.24, 2.45) is 5.92 Å². The van der Waals surface area contributed by atoms with Gasteiger partial charge in [0.2, 0.25) is 5.91 Å². The Hall–Kier alpha value is -1.55. The second-order valence-electron chi connectivity index (χ2n) is 5.94. The van der Waals surface area contributed by atoms with E-state index in [1.807, 2.05) is 18.7 Å². The Morgan fingerprint density at radius 1 is 1.20 bits per heavy atom. The van der Waals surface area contributed by atoms with Gasteiger partial charge in [0.25, 0.3) is 0 Å². The van der Waals surface area contributed by atoms with Crippen LogP contribution in [-0.4, -0.2) is 38.6 Å². The van der Waals surface area contributed by atoms with Gasteiger partial charge >= 0.3 is 0 Å². The summed E-state index contributed by atoms with van der Waals surface area (Å²) in [5.41, 5.74) is 3.72. The van der Waals surface area contributed by atoms with E-state index in [0.717, 1.165) is 44.8 Å². The number of piperazine rings is 1. The van der Waals surface area contributed by atoms with Crippen LogP contribution in [-0.2, 0) is 11.2 Å². The number of fused-ring (bicyclic) bond motifs is 1. The van der Waals surface area contributed by atoms with E-state index in [1.165, 1.54) is 11.3 Å². The van der Waals surface area contributed by atoms with E-state index in [2.05, 4.69) is 28.4 Å². The molecule has 0 unspecified atom stereocenters. The van der Waals surface area contributed by atoms with Crippen molar-refractivity contribution in [2.45, 2.75) is 20.3 Å². The maximum absolute atomic E-state index is 12.2. The minimum Gasteiger partial charge on any atom is -0.369 e. The molecule has 0 aliphatic carbocycles. The van der Waals surface area contributed by atoms with Crippen LogP contribution in [0.15, 0.2) is 18.2 Å². The molecule has 1 saturated heterocycles. The SMILES string of the molecule is CC(C)C(=O)N1CCc2cc(N3CCNCC3)ccc21. The molecule has 0 saturated carbocycles. The lowest BCUT2D eigenvalue weighted by atomic mass is 10.1. The first kappa shape index (κ1) is 13.4. The standard InChI is InChI=1S/C16H23N3O/c1-12(2)16(20)19-8-5-13-11-14(3-4-15(13)19)18-9-6-17-7-10-18/h3-4,11-12,17H,5-10H2,1-2H3. The molecule has 0 radical (unpaired) electrons. The number of benzene rings is 1. The number of rotatable bonds is 2. The van der Waals surface area contributed by atoms with Gasteiger partial charge in [-0.2, -0.15) is 0 Å². The predicted molar refractivity (Wildman–Crippen MR) is 82.4 cm³/mol. The van der Waals surface area contributed by atoms with Gasteiger partial charge in [-0.25, -0.2) is 0 Å². The first-order valence-electron chi connectivity index (χ1n) is 7.57. The van der Waals surface area contributed by atoms with Crippen LogP contribution in [0.1, 0.15) is 19.4 Å². The highest BCUT2D eigenvalue weighted by Crippen LogP contribution is 2.32. The zero-order valence-corrected chi connectivity index (χ0v) is 12.4. The highest BCUT2D eigenvalue weighted by atomic mass is 16.2. The van der Waals surface area contributed by atoms with E-state index >= 15 is 0 Å². The van der Waals surface area contributed by atoms with Crippen molar-refractivity contribution in [2.75, 3.05) is 42.5 Å². The summed E-state index contributed by atoms with van der Waals surface area (Å²) in [5.74, 6) is 0.299. The van der Waals surface area contributed by atoms with Gasteiger partial charge in [0.15, 0.2) is 0 Å². The first-order chi connectivity index (χ1) is 9.66. The highest BCUT2D eigenvalue weighted by Gasteiger charge is 2.26. The Kier molecular flexibility index (Phi) is 3.66. The maximum atomic E-state index is 12.2. The lowest BCUT2D eigenvalue weighted by Gasteiger charge is -2.30. The molecule has 0 atom stereocenters. The zero-order chi connectivity index (χ0) is 14.1. The smallest absolute Gasteiger partial charge is 0.229 e. The number of hydrogen-bond acceptors (Lipinski definition) is 3. The molecule has 1 amide bonds. The summed E-state index contributed by atoms with van der Waals surface area (Å²) in [6.45, 7) is 8.99. The largest absolute Gasteiger partial charge is 0.369 e. The van der Waals surface area contributed by atoms with Crippen molar-refractivity contribution in [3.63, 3.8) is 0 Å². The van der Waals surface area contributed by atoms with Crippen molar-refractivity contribution in [1.82, 2.24) is 5.32 Å². The van der Waals surface area contributed by atoms with Gasteiger partial charge in [0.1, 0.15) is 0 Å². The fraction of sp³-hybridized carbons (Fsp3) is 0.562. The quantitative estimate of drug-likeness (QED) is 0.890. The molecule has 108 valence electrons. The van der Waals surface area contributed by atoms with Crippen LogP contribution in [0.4, 0.5) is 11.4 Å². The Morgan fingerprint density at radius 2 is 1.95 bits per heavy atom. The number of nitrogens with zero attached hydrogens (tertiary/aromatic N) is 2. The monoisotopic (exact) mass is 273 g/mol. The third kappa shape index (κ3) is 2.40. The van der Waals surface area contributed by atoms with Crippen LogP contribution in [0.3, 0.4) is 0 Å². The van der Waals surface area contributed by atoms with E-state index in [-0.39, 0.29) is 11.8 Å². The van der Waals surface area contributed by atoms with Gasteiger partial charge in [-0.05, 0) is 30.2 Å². The van der Waals surface area contributed by atoms with Crippen LogP contribution in [0.5, 0.6) is 0 Å². The molecule has 4 nitrogen and oxygen atoms in total. The third-order valence-corrected chi connectivity index (χ3v) is 4.20. The molecule has 1 N–H and O–H groups in total. The molecule has 0 aromatic heterocycles. The van der Waals surface area contributed by atoms with Crippen molar-refractivity contribution < 1.29 is 4.79 Å². The summed E-state index contributed by atoms with van der Waals surface area (Å²) < 4.78 is 0. The molecule has 1 fully saturated rings. The average molecular weight is 273 g/mol. The topological polar surface area (TPSA) is 35.6 Å². The molecular formula is C16H23N3O. The Labute approximate surface area is 120 Å². The third-order valence-electron chi connectivity index (χ3n) is 4.20. The highest BCUT2D eigenvalue weighted by molar-refractivity contribution is 5.96. The molecule has 2 heterocycles. The molecule has 1 aromatic carbocycles. The lowest BCUT2D eigenvalue weighted by molar-refractivity contribution is -0.121. The second kappa shape index (κ2) is 5.44. The zero-order valence-electron chi connectivity index (χ0n) is 12.4. The van der Waals surface area contributed by atoms with Crippen LogP contribution in [0, 0.1) is 5.92 Å². The summed E-state index contributed by atoms with van der Waals surface area (Å²) in [6, 6.07) is 6.56. The Morgan fingerprint density at radius 3 is 2.65 bits per heavy atom. The normalized spacial score (nSPS) is 18.6. The van der Waals surface area contributed by atoms with Gasteiger partial charge in [0.05, 0.1) is 0 Å². The van der Waals surface area contributed by atoms with E-state index in [4.69, 9.17) is 0 Å². The maximum Gasteiger partial charge on any atom is 0.229 e. The lowest BCUT2D eigenvalue weighted by Crippen LogP contribution is -2.43. The summed E-state index contributed by atoms with van der Waals surface area (Å²) in [4.78, 5) is 16.6. The minimum atomic E-state index is 0.0637. The molecular weight excluding hydrogens is 250 g/mol. The summed E-state index contributed by atoms with van der Waals surface area (Å²) in [6.07, 6.45) is 0.980. The first-order valence-corrected chi connectivity index (χ1v) is 7.57. The fourth-order valence-corrected chi connectivity index (χ4v) is 3.05. The van der Waals surface area contributed by atoms with Crippen LogP contribution >= 0.6 is 0 Å². The summed E-state index contributed by atoms with van der Waals surface area (Å²) >= 11 is 0. The van der Waals surface area contributed by atoms with Crippen LogP contribution in [0.25, 0.3) is 0 Å². The molecule has 3 rings (SSSR count). The molecule has 20 heavy (non-hydrogen) atoms. The van der Waals surface area contributed by atoms with Crippen LogP contribution < -0.4 is 15.1 Å². The number of carbonyl (C=O) groups excluding carboxylic acids is 1. The average Bonchev–Trinajstić information content (AvgIpc) is 2.90. The number of anilines is 2. The van der Waals surface area contributed by atoms with Gasteiger partial charge in [-0.15, -0.1) is 0 Å². The molecule has 4 heteroatoms. The molecule has 2 aliphatic heterocycles. The van der Waals surface area contributed by atoms with Crippen molar-refractivity contribution >= 4 is 17.3 Å². The van der Waals surface area contributed by atoms with Crippen LogP contribution in [0.2, 0.25) is 0 Å². The van der Waals surface area contributed by atoms with Gasteiger partial charge < -0.3 is 15.1 Å². The van der Waals surface area contributed by atoms with Gasteiger partial charge in [0, 0.05) is 50.0 Å². The van der Waals surface area contributed by atoms with E-state index < -0.39 is 0 Å². The van der Waals surface area contributed by atoms with Crippen molar-refractivity contribution in [3.8, 4) is 0 Å². The molecule has 2 aliphatic rings. The number of carbonyl (C=O) groups is 1. The summed E-state index contributed by atoms with van der Waals surface area (Å²) in [7, 11) is 0. The minimum absolute atomic E-state index is 0.0637. The predicted octanol–water partition coefficient (Wildman–Crippen LogP) is 1.64. The van der Waals surface area contributed by atoms with Gasteiger partial charge in [-0.3, -0.25) is 4.79 Å². The number of hydrogen-bond donors (Lipinski definition) is 1. The molecule has 0 bridgehead atoms. The van der Waals surface area contributed by atoms with E-state index in [0.29, 0.717) is 0 Å². The number of amides is 1. The van der Waals surface area contributed by atoms with E-state index in [1.54, 1.807) is 0 Å². The van der Waals surface area contributed by atoms with Crippen molar-refractivity contribution in [1.29, 1.82) is 0 Å². The van der Waals surface area contributed by atoms with Gasteiger partial charge in [-0.1, -0.05) is 13.8 Å². The summed E-state index contributed by atoms with van der Waals surface area (Å²) in [5, 5.41) is 3.38. The fourth-order valence-electron chi connectivity index (χ4n) is 3.05. The Balaban J connectivity index is 1.82. The second-order valence-corrected chi connectivity index (χ2v) is 5.94.